The first kappa shape index (κ1) is 11.3. The maximum Gasteiger partial charge on any atom is 0.340 e. The highest BCUT2D eigenvalue weighted by atomic mass is 31.2. The van der Waals surface area contributed by atoms with Gasteiger partial charge in [-0.25, -0.2) is 0 Å². The summed E-state index contributed by atoms with van der Waals surface area (Å²) in [5.41, 5.74) is 0. The van der Waals surface area contributed by atoms with Crippen molar-refractivity contribution < 1.29 is 28.9 Å². The Hall–Kier alpha value is 0.300. The summed E-state index contributed by atoms with van der Waals surface area (Å²) < 4.78 is 20.7. The normalized spacial score (nSPS) is 20.8. The molecule has 0 amide bonds. The van der Waals surface area contributed by atoms with Crippen LogP contribution in [0, 0.1) is 0 Å². The summed E-state index contributed by atoms with van der Waals surface area (Å²) in [5.74, 6) is 0. The van der Waals surface area contributed by atoms with E-state index in [4.69, 9.17) is 19.8 Å². The van der Waals surface area contributed by atoms with Crippen LogP contribution in [0.1, 0.15) is 6.92 Å². The van der Waals surface area contributed by atoms with Gasteiger partial charge in [-0.15, -0.1) is 0 Å². The third kappa shape index (κ3) is 3.47. The van der Waals surface area contributed by atoms with Gasteiger partial charge >= 0.3 is 7.60 Å². The van der Waals surface area contributed by atoms with Crippen molar-refractivity contribution in [3.05, 3.63) is 0 Å². The Kier molecular flexibility index (Phi) is 3.91. The van der Waals surface area contributed by atoms with Gasteiger partial charge in [-0.2, -0.15) is 0 Å². The second-order valence-corrected chi connectivity index (χ2v) is 5.63. The molecule has 0 aromatic carbocycles. The van der Waals surface area contributed by atoms with Crippen molar-refractivity contribution in [3.8, 4) is 0 Å². The van der Waals surface area contributed by atoms with Crippen LogP contribution in [0.25, 0.3) is 0 Å². The fraction of sp³-hybridized carbons (Fsp3) is 1.00. The quantitative estimate of drug-likeness (QED) is 0.453. The molecule has 3 unspecified atom stereocenters. The zero-order valence-electron chi connectivity index (χ0n) is 5.71. The van der Waals surface area contributed by atoms with Gasteiger partial charge in [0.25, 0.3) is 0 Å². The standard InChI is InChI=1S/C3H10O6P2/c1-2(4)3(10(5)6)11(7,8)9/h2-4,10H,1H3,(H,5,6)(H2,7,8,9). The lowest BCUT2D eigenvalue weighted by atomic mass is 10.5. The number of rotatable bonds is 3. The molecule has 0 spiro atoms. The Balaban J connectivity index is 4.63. The van der Waals surface area contributed by atoms with E-state index < -0.39 is 27.1 Å². The molecule has 3 atom stereocenters. The maximum absolute atomic E-state index is 10.4. The zero-order chi connectivity index (χ0) is 9.23. The van der Waals surface area contributed by atoms with E-state index in [1.54, 1.807) is 0 Å². The predicted molar refractivity (Wildman–Crippen MR) is 38.7 cm³/mol. The van der Waals surface area contributed by atoms with Gasteiger partial charge in [-0.05, 0) is 6.92 Å². The molecule has 0 aliphatic heterocycles. The van der Waals surface area contributed by atoms with Crippen LogP contribution in [0.3, 0.4) is 0 Å². The first-order chi connectivity index (χ1) is 4.76. The topological polar surface area (TPSA) is 115 Å². The lowest BCUT2D eigenvalue weighted by Gasteiger charge is -2.17. The van der Waals surface area contributed by atoms with Gasteiger partial charge in [0.2, 0.25) is 8.03 Å². The molecule has 0 aromatic heterocycles. The summed E-state index contributed by atoms with van der Waals surface area (Å²) in [7, 11) is -8.05. The Morgan fingerprint density at radius 1 is 1.45 bits per heavy atom. The summed E-state index contributed by atoms with van der Waals surface area (Å²) in [4.78, 5) is 25.3. The molecule has 0 aliphatic rings. The van der Waals surface area contributed by atoms with Crippen LogP contribution in [-0.4, -0.2) is 31.3 Å². The molecule has 0 aliphatic carbocycles. The number of aliphatic hydroxyl groups is 1. The van der Waals surface area contributed by atoms with Crippen molar-refractivity contribution >= 4 is 15.6 Å². The van der Waals surface area contributed by atoms with Gasteiger partial charge in [0.1, 0.15) is 0 Å². The van der Waals surface area contributed by atoms with E-state index in [-0.39, 0.29) is 0 Å². The van der Waals surface area contributed by atoms with Gasteiger partial charge < -0.3 is 19.8 Å². The first-order valence-corrected chi connectivity index (χ1v) is 5.84. The fourth-order valence-electron chi connectivity index (χ4n) is 0.631. The minimum absolute atomic E-state index is 1.06. The lowest BCUT2D eigenvalue weighted by molar-refractivity contribution is 0.193. The molecule has 0 heterocycles. The van der Waals surface area contributed by atoms with Crippen molar-refractivity contribution in [1.82, 2.24) is 0 Å². The van der Waals surface area contributed by atoms with E-state index in [1.165, 1.54) is 0 Å². The molecular formula is C3H10O6P2. The Morgan fingerprint density at radius 3 is 1.82 bits per heavy atom. The van der Waals surface area contributed by atoms with Crippen molar-refractivity contribution in [2.45, 2.75) is 18.4 Å². The Bertz CT molecular complexity index is 194. The van der Waals surface area contributed by atoms with E-state index in [0.717, 1.165) is 6.92 Å². The zero-order valence-corrected chi connectivity index (χ0v) is 7.60. The summed E-state index contributed by atoms with van der Waals surface area (Å²) in [6.07, 6.45) is -1.48. The lowest BCUT2D eigenvalue weighted by Crippen LogP contribution is -2.19. The molecule has 4 N–H and O–H groups in total. The van der Waals surface area contributed by atoms with Crippen LogP contribution in [0.4, 0.5) is 0 Å². The maximum atomic E-state index is 10.4. The first-order valence-electron chi connectivity index (χ1n) is 2.73. The summed E-state index contributed by atoms with van der Waals surface area (Å²) in [5, 5.41) is 6.85. The van der Waals surface area contributed by atoms with Gasteiger partial charge in [-0.3, -0.25) is 9.13 Å². The molecule has 0 saturated carbocycles. The van der Waals surface area contributed by atoms with Gasteiger partial charge in [-0.1, -0.05) is 0 Å². The summed E-state index contributed by atoms with van der Waals surface area (Å²) in [6, 6.07) is 0. The van der Waals surface area contributed by atoms with Crippen LogP contribution < -0.4 is 0 Å². The van der Waals surface area contributed by atoms with Gasteiger partial charge in [0.05, 0.1) is 6.10 Å². The smallest absolute Gasteiger partial charge is 0.340 e. The third-order valence-corrected chi connectivity index (χ3v) is 4.89. The van der Waals surface area contributed by atoms with Crippen LogP contribution in [0.15, 0.2) is 0 Å². The van der Waals surface area contributed by atoms with Crippen LogP contribution >= 0.6 is 15.6 Å². The molecular weight excluding hydrogens is 194 g/mol. The van der Waals surface area contributed by atoms with E-state index in [1.807, 2.05) is 0 Å². The van der Waals surface area contributed by atoms with Crippen molar-refractivity contribution in [2.24, 2.45) is 0 Å². The van der Waals surface area contributed by atoms with E-state index in [2.05, 4.69) is 0 Å². The molecule has 6 nitrogen and oxygen atoms in total. The van der Waals surface area contributed by atoms with Crippen LogP contribution in [0.5, 0.6) is 0 Å². The van der Waals surface area contributed by atoms with E-state index >= 15 is 0 Å². The van der Waals surface area contributed by atoms with Gasteiger partial charge in [0, 0.05) is 0 Å². The third-order valence-electron chi connectivity index (χ3n) is 1.07. The molecule has 0 bridgehead atoms. The fourth-order valence-corrected chi connectivity index (χ4v) is 2.76. The average Bonchev–Trinajstić information content (AvgIpc) is 1.54. The highest BCUT2D eigenvalue weighted by Gasteiger charge is 2.37. The molecule has 0 fully saturated rings. The molecule has 0 saturated heterocycles. The summed E-state index contributed by atoms with van der Waals surface area (Å²) in [6.45, 7) is 1.06. The van der Waals surface area contributed by atoms with Gasteiger partial charge in [0.15, 0.2) is 5.40 Å². The molecule has 8 heteroatoms. The summed E-state index contributed by atoms with van der Waals surface area (Å²) >= 11 is 0. The minimum Gasteiger partial charge on any atom is -0.392 e. The van der Waals surface area contributed by atoms with E-state index in [9.17, 15) is 9.13 Å². The second-order valence-electron chi connectivity index (χ2n) is 2.11. The second kappa shape index (κ2) is 3.81. The average molecular weight is 204 g/mol. The SMILES string of the molecule is CC(O)C([PH](=O)O)P(=O)(O)O. The van der Waals surface area contributed by atoms with Crippen LogP contribution in [0.2, 0.25) is 0 Å². The van der Waals surface area contributed by atoms with Crippen LogP contribution in [-0.2, 0) is 9.13 Å². The number of hydrogen-bond acceptors (Lipinski definition) is 3. The minimum atomic E-state index is -4.66. The molecule has 0 radical (unpaired) electrons. The monoisotopic (exact) mass is 204 g/mol. The molecule has 11 heavy (non-hydrogen) atoms. The Labute approximate surface area is 63.9 Å². The van der Waals surface area contributed by atoms with Crippen molar-refractivity contribution in [3.63, 3.8) is 0 Å². The number of hydrogen-bond donors (Lipinski definition) is 4. The highest BCUT2D eigenvalue weighted by Crippen LogP contribution is 2.53. The largest absolute Gasteiger partial charge is 0.392 e. The highest BCUT2D eigenvalue weighted by molar-refractivity contribution is 7.65. The molecule has 0 rings (SSSR count). The predicted octanol–water partition coefficient (Wildman–Crippen LogP) is -0.662. The molecule has 68 valence electrons. The Morgan fingerprint density at radius 2 is 1.82 bits per heavy atom. The van der Waals surface area contributed by atoms with Crippen molar-refractivity contribution in [2.75, 3.05) is 0 Å². The number of aliphatic hydroxyl groups excluding tert-OH is 1. The van der Waals surface area contributed by atoms with E-state index in [0.29, 0.717) is 0 Å². The van der Waals surface area contributed by atoms with Crippen molar-refractivity contribution in [1.29, 1.82) is 0 Å². The molecule has 0 aromatic rings.